The standard InChI is InChI=1S/C15H25NO5/c1-11(2)3-4-12(14(17)18)13(15(19)20)5-6-16-7-9-21-10-8-16/h11H,3-10H2,1-2H3,(H,17,18)(H,19,20). The molecule has 0 aromatic heterocycles. The van der Waals surface area contributed by atoms with Crippen LogP contribution in [0, 0.1) is 5.92 Å². The molecule has 1 aliphatic heterocycles. The maximum Gasteiger partial charge on any atom is 0.332 e. The van der Waals surface area contributed by atoms with E-state index >= 15 is 0 Å². The lowest BCUT2D eigenvalue weighted by Crippen LogP contribution is -2.37. The Morgan fingerprint density at radius 2 is 1.57 bits per heavy atom. The first-order valence-corrected chi connectivity index (χ1v) is 7.40. The zero-order valence-corrected chi connectivity index (χ0v) is 12.8. The van der Waals surface area contributed by atoms with Crippen molar-refractivity contribution in [2.45, 2.75) is 33.1 Å². The minimum absolute atomic E-state index is 0.0367. The number of ether oxygens (including phenoxy) is 1. The Labute approximate surface area is 125 Å². The predicted molar refractivity (Wildman–Crippen MR) is 78.2 cm³/mol. The highest BCUT2D eigenvalue weighted by Crippen LogP contribution is 2.19. The van der Waals surface area contributed by atoms with Crippen molar-refractivity contribution in [1.29, 1.82) is 0 Å². The molecule has 2 N–H and O–H groups in total. The lowest BCUT2D eigenvalue weighted by Gasteiger charge is -2.26. The summed E-state index contributed by atoms with van der Waals surface area (Å²) in [6, 6.07) is 0. The number of hydrogen-bond donors (Lipinski definition) is 2. The molecule has 0 atom stereocenters. The van der Waals surface area contributed by atoms with Crippen LogP contribution in [0.4, 0.5) is 0 Å². The molecule has 0 radical (unpaired) electrons. The second-order valence-corrected chi connectivity index (χ2v) is 5.70. The van der Waals surface area contributed by atoms with Crippen LogP contribution >= 0.6 is 0 Å². The highest BCUT2D eigenvalue weighted by atomic mass is 16.5. The molecule has 6 nitrogen and oxygen atoms in total. The monoisotopic (exact) mass is 299 g/mol. The summed E-state index contributed by atoms with van der Waals surface area (Å²) in [6.45, 7) is 7.36. The summed E-state index contributed by atoms with van der Waals surface area (Å²) in [5.74, 6) is -1.90. The van der Waals surface area contributed by atoms with E-state index < -0.39 is 11.9 Å². The zero-order chi connectivity index (χ0) is 15.8. The molecule has 1 saturated heterocycles. The molecule has 1 fully saturated rings. The summed E-state index contributed by atoms with van der Waals surface area (Å²) >= 11 is 0. The van der Waals surface area contributed by atoms with Crippen LogP contribution < -0.4 is 0 Å². The predicted octanol–water partition coefficient (Wildman–Crippen LogP) is 1.61. The van der Waals surface area contributed by atoms with Crippen molar-refractivity contribution < 1.29 is 24.5 Å². The number of rotatable bonds is 8. The van der Waals surface area contributed by atoms with Crippen LogP contribution in [0.2, 0.25) is 0 Å². The second kappa shape index (κ2) is 8.79. The fraction of sp³-hybridized carbons (Fsp3) is 0.733. The average Bonchev–Trinajstić information content (AvgIpc) is 2.42. The van der Waals surface area contributed by atoms with E-state index in [4.69, 9.17) is 4.74 Å². The largest absolute Gasteiger partial charge is 0.478 e. The molecule has 0 saturated carbocycles. The Morgan fingerprint density at radius 1 is 1.05 bits per heavy atom. The van der Waals surface area contributed by atoms with Gasteiger partial charge in [-0.1, -0.05) is 13.8 Å². The molecule has 6 heteroatoms. The highest BCUT2D eigenvalue weighted by molar-refractivity contribution is 5.98. The third-order valence-corrected chi connectivity index (χ3v) is 3.63. The zero-order valence-electron chi connectivity index (χ0n) is 12.8. The first-order chi connectivity index (χ1) is 9.91. The van der Waals surface area contributed by atoms with Crippen LogP contribution in [0.25, 0.3) is 0 Å². The van der Waals surface area contributed by atoms with Crippen LogP contribution in [0.5, 0.6) is 0 Å². The van der Waals surface area contributed by atoms with E-state index in [0.717, 1.165) is 13.1 Å². The van der Waals surface area contributed by atoms with Gasteiger partial charge in [-0.3, -0.25) is 4.90 Å². The van der Waals surface area contributed by atoms with E-state index in [2.05, 4.69) is 4.90 Å². The van der Waals surface area contributed by atoms with Crippen LogP contribution in [0.3, 0.4) is 0 Å². The SMILES string of the molecule is CC(C)CCC(C(=O)O)=C(CCN1CCOCC1)C(=O)O. The maximum atomic E-state index is 11.4. The van der Waals surface area contributed by atoms with Gasteiger partial charge in [-0.15, -0.1) is 0 Å². The van der Waals surface area contributed by atoms with Gasteiger partial charge in [-0.2, -0.15) is 0 Å². The summed E-state index contributed by atoms with van der Waals surface area (Å²) in [7, 11) is 0. The van der Waals surface area contributed by atoms with Crippen LogP contribution in [0.1, 0.15) is 33.1 Å². The molecule has 0 amide bonds. The molecule has 0 aromatic carbocycles. The summed E-state index contributed by atoms with van der Waals surface area (Å²) in [4.78, 5) is 24.9. The molecule has 1 aliphatic rings. The minimum atomic E-state index is -1.12. The third kappa shape index (κ3) is 6.27. The van der Waals surface area contributed by atoms with E-state index in [-0.39, 0.29) is 17.6 Å². The van der Waals surface area contributed by atoms with Gasteiger partial charge >= 0.3 is 11.9 Å². The number of carboxylic acids is 2. The molecule has 1 rings (SSSR count). The van der Waals surface area contributed by atoms with Crippen LogP contribution in [0.15, 0.2) is 11.1 Å². The maximum absolute atomic E-state index is 11.4. The normalized spacial score (nSPS) is 17.7. The lowest BCUT2D eigenvalue weighted by molar-refractivity contribution is -0.136. The molecule has 0 aromatic rings. The molecule has 0 bridgehead atoms. The van der Waals surface area contributed by atoms with E-state index in [1.54, 1.807) is 0 Å². The first-order valence-electron chi connectivity index (χ1n) is 7.40. The van der Waals surface area contributed by atoms with E-state index in [9.17, 15) is 19.8 Å². The van der Waals surface area contributed by atoms with Crippen molar-refractivity contribution in [3.63, 3.8) is 0 Å². The summed E-state index contributed by atoms with van der Waals surface area (Å²) in [6.07, 6.45) is 1.24. The number of morpholine rings is 1. The first kappa shape index (κ1) is 17.7. The second-order valence-electron chi connectivity index (χ2n) is 5.70. The Hall–Kier alpha value is -1.40. The quantitative estimate of drug-likeness (QED) is 0.662. The van der Waals surface area contributed by atoms with E-state index in [1.165, 1.54) is 0 Å². The molecule has 0 aliphatic carbocycles. The van der Waals surface area contributed by atoms with Gasteiger partial charge in [-0.05, 0) is 25.2 Å². The van der Waals surface area contributed by atoms with Crippen molar-refractivity contribution in [2.24, 2.45) is 5.92 Å². The van der Waals surface area contributed by atoms with Gasteiger partial charge < -0.3 is 14.9 Å². The van der Waals surface area contributed by atoms with Crippen molar-refractivity contribution >= 4 is 11.9 Å². The van der Waals surface area contributed by atoms with Gasteiger partial charge in [0.25, 0.3) is 0 Å². The van der Waals surface area contributed by atoms with Crippen molar-refractivity contribution in [3.8, 4) is 0 Å². The molecule has 0 unspecified atom stereocenters. The van der Waals surface area contributed by atoms with Crippen molar-refractivity contribution in [3.05, 3.63) is 11.1 Å². The molecular weight excluding hydrogens is 274 g/mol. The Morgan fingerprint density at radius 3 is 2.05 bits per heavy atom. The van der Waals surface area contributed by atoms with E-state index in [1.807, 2.05) is 13.8 Å². The summed E-state index contributed by atoms with van der Waals surface area (Å²) in [5.41, 5.74) is 0.0825. The molecule has 21 heavy (non-hydrogen) atoms. The Kier molecular flexibility index (Phi) is 7.39. The van der Waals surface area contributed by atoms with Crippen molar-refractivity contribution in [1.82, 2.24) is 4.90 Å². The number of carbonyl (C=O) groups is 2. The number of nitrogens with zero attached hydrogens (tertiary/aromatic N) is 1. The minimum Gasteiger partial charge on any atom is -0.478 e. The Bertz CT molecular complexity index is 397. The number of carboxylic acid groups (broad SMARTS) is 2. The topological polar surface area (TPSA) is 87.1 Å². The molecule has 1 heterocycles. The number of hydrogen-bond acceptors (Lipinski definition) is 4. The highest BCUT2D eigenvalue weighted by Gasteiger charge is 2.21. The fourth-order valence-corrected chi connectivity index (χ4v) is 2.30. The average molecular weight is 299 g/mol. The van der Waals surface area contributed by atoms with E-state index in [0.29, 0.717) is 38.5 Å². The molecule has 120 valence electrons. The summed E-state index contributed by atoms with van der Waals surface area (Å²) in [5, 5.41) is 18.6. The van der Waals surface area contributed by atoms with Crippen molar-refractivity contribution in [2.75, 3.05) is 32.8 Å². The van der Waals surface area contributed by atoms with Gasteiger partial charge in [0.1, 0.15) is 0 Å². The number of aliphatic carboxylic acids is 2. The van der Waals surface area contributed by atoms with Crippen LogP contribution in [-0.2, 0) is 14.3 Å². The van der Waals surface area contributed by atoms with Gasteiger partial charge in [0.15, 0.2) is 0 Å². The van der Waals surface area contributed by atoms with Gasteiger partial charge in [0, 0.05) is 30.8 Å². The van der Waals surface area contributed by atoms with Crippen LogP contribution in [-0.4, -0.2) is 59.9 Å². The van der Waals surface area contributed by atoms with Gasteiger partial charge in [0.2, 0.25) is 0 Å². The lowest BCUT2D eigenvalue weighted by atomic mass is 9.96. The van der Waals surface area contributed by atoms with Gasteiger partial charge in [-0.25, -0.2) is 9.59 Å². The Balaban J connectivity index is 2.75. The summed E-state index contributed by atoms with van der Waals surface area (Å²) < 4.78 is 5.24. The fourth-order valence-electron chi connectivity index (χ4n) is 2.30. The third-order valence-electron chi connectivity index (χ3n) is 3.63. The molecule has 0 spiro atoms. The smallest absolute Gasteiger partial charge is 0.332 e. The molecular formula is C15H25NO5. The van der Waals surface area contributed by atoms with Gasteiger partial charge in [0.05, 0.1) is 13.2 Å².